The number of thioether (sulfide) groups is 1. The van der Waals surface area contributed by atoms with Crippen molar-refractivity contribution in [3.8, 4) is 16.9 Å². The lowest BCUT2D eigenvalue weighted by atomic mass is 10.1. The Morgan fingerprint density at radius 2 is 1.78 bits per heavy atom. The molecule has 0 aliphatic carbocycles. The van der Waals surface area contributed by atoms with Gasteiger partial charge < -0.3 is 0 Å². The fourth-order valence-corrected chi connectivity index (χ4v) is 4.65. The highest BCUT2D eigenvalue weighted by atomic mass is 32.2. The van der Waals surface area contributed by atoms with E-state index in [-0.39, 0.29) is 38.8 Å². The van der Waals surface area contributed by atoms with E-state index >= 15 is 0 Å². The Kier molecular flexibility index (Phi) is 5.59. The SMILES string of the molecule is CCS(=O)(=O)c1cc(-c2ccccc2)cnc1-n1nc2ccc(SC(F)(F)F)cn2c1=O. The van der Waals surface area contributed by atoms with Gasteiger partial charge >= 0.3 is 11.2 Å². The summed E-state index contributed by atoms with van der Waals surface area (Å²) in [6.07, 6.45) is 2.42. The maximum atomic E-state index is 12.9. The highest BCUT2D eigenvalue weighted by Gasteiger charge is 2.30. The van der Waals surface area contributed by atoms with Crippen LogP contribution in [0.5, 0.6) is 0 Å². The predicted molar refractivity (Wildman–Crippen MR) is 114 cm³/mol. The summed E-state index contributed by atoms with van der Waals surface area (Å²) in [6, 6.07) is 12.8. The maximum absolute atomic E-state index is 12.9. The Morgan fingerprint density at radius 3 is 2.44 bits per heavy atom. The minimum absolute atomic E-state index is 0.0512. The van der Waals surface area contributed by atoms with Crippen molar-refractivity contribution < 1.29 is 21.6 Å². The number of hydrogen-bond donors (Lipinski definition) is 0. The van der Waals surface area contributed by atoms with Gasteiger partial charge in [0.15, 0.2) is 21.3 Å². The van der Waals surface area contributed by atoms with Crippen LogP contribution in [0.2, 0.25) is 0 Å². The Labute approximate surface area is 184 Å². The number of rotatable bonds is 5. The van der Waals surface area contributed by atoms with Gasteiger partial charge in [-0.25, -0.2) is 22.6 Å². The predicted octanol–water partition coefficient (Wildman–Crippen LogP) is 3.95. The highest BCUT2D eigenvalue weighted by molar-refractivity contribution is 8.00. The van der Waals surface area contributed by atoms with E-state index in [1.54, 1.807) is 24.3 Å². The van der Waals surface area contributed by atoms with Crippen molar-refractivity contribution in [1.29, 1.82) is 0 Å². The average Bonchev–Trinajstić information content (AvgIpc) is 3.08. The monoisotopic (exact) mass is 480 g/mol. The molecule has 0 saturated heterocycles. The second-order valence-corrected chi connectivity index (χ2v) is 10.0. The van der Waals surface area contributed by atoms with Crippen LogP contribution in [-0.2, 0) is 9.84 Å². The molecule has 3 heterocycles. The fraction of sp³-hybridized carbons (Fsp3) is 0.150. The third-order valence-electron chi connectivity index (χ3n) is 4.58. The van der Waals surface area contributed by atoms with Crippen molar-refractivity contribution in [3.63, 3.8) is 0 Å². The van der Waals surface area contributed by atoms with Gasteiger partial charge in [0.25, 0.3) is 0 Å². The molecule has 0 fully saturated rings. The first-order valence-corrected chi connectivity index (χ1v) is 11.7. The van der Waals surface area contributed by atoms with Gasteiger partial charge in [-0.1, -0.05) is 37.3 Å². The van der Waals surface area contributed by atoms with E-state index in [0.717, 1.165) is 20.8 Å². The molecule has 4 aromatic rings. The largest absolute Gasteiger partial charge is 0.446 e. The van der Waals surface area contributed by atoms with Crippen LogP contribution in [-0.4, -0.2) is 38.8 Å². The van der Waals surface area contributed by atoms with Gasteiger partial charge in [-0.2, -0.15) is 17.9 Å². The molecule has 4 rings (SSSR count). The molecule has 7 nitrogen and oxygen atoms in total. The van der Waals surface area contributed by atoms with Crippen LogP contribution in [0.4, 0.5) is 13.2 Å². The molecule has 3 aromatic heterocycles. The molecule has 32 heavy (non-hydrogen) atoms. The minimum atomic E-state index is -4.52. The molecular weight excluding hydrogens is 465 g/mol. The number of fused-ring (bicyclic) bond motifs is 1. The molecule has 12 heteroatoms. The van der Waals surface area contributed by atoms with E-state index in [2.05, 4.69) is 10.1 Å². The number of nitrogens with zero attached hydrogens (tertiary/aromatic N) is 4. The summed E-state index contributed by atoms with van der Waals surface area (Å²) in [4.78, 5) is 16.7. The minimum Gasteiger partial charge on any atom is -0.249 e. The summed E-state index contributed by atoms with van der Waals surface area (Å²) in [6.45, 7) is 1.46. The van der Waals surface area contributed by atoms with E-state index in [0.29, 0.717) is 5.56 Å². The van der Waals surface area contributed by atoms with E-state index in [1.807, 2.05) is 6.07 Å². The summed E-state index contributed by atoms with van der Waals surface area (Å²) < 4.78 is 65.4. The van der Waals surface area contributed by atoms with Crippen molar-refractivity contribution in [2.75, 3.05) is 5.75 Å². The Morgan fingerprint density at radius 1 is 1.06 bits per heavy atom. The molecule has 0 aliphatic heterocycles. The lowest BCUT2D eigenvalue weighted by Crippen LogP contribution is -2.23. The van der Waals surface area contributed by atoms with Gasteiger partial charge in [0.05, 0.1) is 5.75 Å². The van der Waals surface area contributed by atoms with Gasteiger partial charge in [-0.3, -0.25) is 0 Å². The third-order valence-corrected chi connectivity index (χ3v) is 7.02. The van der Waals surface area contributed by atoms with E-state index in [9.17, 15) is 26.4 Å². The zero-order chi connectivity index (χ0) is 23.1. The first-order chi connectivity index (χ1) is 15.1. The van der Waals surface area contributed by atoms with Gasteiger partial charge in [0.1, 0.15) is 4.90 Å². The van der Waals surface area contributed by atoms with Gasteiger partial charge in [0.2, 0.25) is 0 Å². The summed E-state index contributed by atoms with van der Waals surface area (Å²) in [5, 5.41) is 4.08. The molecule has 0 atom stereocenters. The van der Waals surface area contributed by atoms with Crippen molar-refractivity contribution >= 4 is 27.2 Å². The molecule has 0 bridgehead atoms. The number of hydrogen-bond acceptors (Lipinski definition) is 6. The molecule has 0 radical (unpaired) electrons. The summed E-state index contributed by atoms with van der Waals surface area (Å²) in [5.74, 6) is -0.459. The Bertz CT molecular complexity index is 1460. The van der Waals surface area contributed by atoms with Crippen molar-refractivity contribution in [2.45, 2.75) is 22.2 Å². The van der Waals surface area contributed by atoms with Crippen molar-refractivity contribution in [1.82, 2.24) is 19.2 Å². The number of alkyl halides is 3. The number of benzene rings is 1. The van der Waals surface area contributed by atoms with Crippen LogP contribution in [0.15, 0.2) is 75.5 Å². The average molecular weight is 480 g/mol. The summed E-state index contributed by atoms with van der Waals surface area (Å²) >= 11 is -0.368. The smallest absolute Gasteiger partial charge is 0.249 e. The topological polar surface area (TPSA) is 86.3 Å². The van der Waals surface area contributed by atoms with Crippen LogP contribution in [0, 0.1) is 0 Å². The van der Waals surface area contributed by atoms with Gasteiger partial charge in [-0.15, -0.1) is 5.10 Å². The van der Waals surface area contributed by atoms with Crippen molar-refractivity contribution in [3.05, 3.63) is 71.4 Å². The van der Waals surface area contributed by atoms with E-state index < -0.39 is 21.0 Å². The van der Waals surface area contributed by atoms with Crippen molar-refractivity contribution in [2.24, 2.45) is 0 Å². The summed E-state index contributed by atoms with van der Waals surface area (Å²) in [5.41, 5.74) is -4.05. The molecule has 0 spiro atoms. The van der Waals surface area contributed by atoms with Crippen LogP contribution in [0.3, 0.4) is 0 Å². The van der Waals surface area contributed by atoms with E-state index in [1.165, 1.54) is 31.3 Å². The first-order valence-electron chi connectivity index (χ1n) is 9.25. The van der Waals surface area contributed by atoms with Crippen LogP contribution in [0.25, 0.3) is 22.6 Å². The number of aromatic nitrogens is 4. The molecule has 1 aromatic carbocycles. The fourth-order valence-electron chi connectivity index (χ4n) is 3.06. The van der Waals surface area contributed by atoms with Crippen LogP contribution >= 0.6 is 11.8 Å². The zero-order valence-corrected chi connectivity index (χ0v) is 18.1. The second kappa shape index (κ2) is 8.10. The molecule has 0 amide bonds. The molecule has 0 saturated carbocycles. The molecule has 0 N–H and O–H groups in total. The van der Waals surface area contributed by atoms with Crippen LogP contribution < -0.4 is 5.69 Å². The van der Waals surface area contributed by atoms with Gasteiger partial charge in [0, 0.05) is 22.9 Å². The second-order valence-electron chi connectivity index (χ2n) is 6.65. The standard InChI is InChI=1S/C20H15F3N4O3S2/c1-2-32(29,30)16-10-14(13-6-4-3-5-7-13)11-24-18(16)27-19(28)26-12-15(31-20(21,22)23)8-9-17(26)25-27/h3-12H,2H2,1H3. The summed E-state index contributed by atoms with van der Waals surface area (Å²) in [7, 11) is -3.82. The zero-order valence-electron chi connectivity index (χ0n) is 16.4. The van der Waals surface area contributed by atoms with Crippen LogP contribution in [0.1, 0.15) is 6.92 Å². The molecule has 166 valence electrons. The lowest BCUT2D eigenvalue weighted by Gasteiger charge is -2.10. The lowest BCUT2D eigenvalue weighted by molar-refractivity contribution is -0.0328. The molecule has 0 aliphatic rings. The quantitative estimate of drug-likeness (QED) is 0.402. The normalized spacial score (nSPS) is 12.4. The first kappa shape index (κ1) is 22.1. The number of sulfone groups is 1. The molecular formula is C20H15F3N4O3S2. The molecule has 0 unspecified atom stereocenters. The number of halogens is 3. The van der Waals surface area contributed by atoms with E-state index in [4.69, 9.17) is 0 Å². The Balaban J connectivity index is 1.91. The number of pyridine rings is 2. The Hall–Kier alpha value is -3.12. The third kappa shape index (κ3) is 4.28. The van der Waals surface area contributed by atoms with Gasteiger partial charge in [-0.05, 0) is 35.5 Å². The highest BCUT2D eigenvalue weighted by Crippen LogP contribution is 2.36. The maximum Gasteiger partial charge on any atom is 0.446 e.